The third-order valence-corrected chi connectivity index (χ3v) is 3.04. The number of aliphatic hydroxyl groups is 1. The van der Waals surface area contributed by atoms with E-state index in [1.165, 1.54) is 0 Å². The van der Waals surface area contributed by atoms with Gasteiger partial charge in [0.15, 0.2) is 0 Å². The van der Waals surface area contributed by atoms with Crippen LogP contribution < -0.4 is 4.74 Å². The fourth-order valence-corrected chi connectivity index (χ4v) is 2.09. The van der Waals surface area contributed by atoms with Crippen LogP contribution in [0, 0.1) is 11.3 Å². The van der Waals surface area contributed by atoms with Crippen molar-refractivity contribution in [3.05, 3.63) is 29.8 Å². The minimum absolute atomic E-state index is 0.155. The number of rotatable bonds is 6. The summed E-state index contributed by atoms with van der Waals surface area (Å²) in [5, 5.41) is 18.3. The molecular formula is C14H18N2O3. The molecule has 1 fully saturated rings. The van der Waals surface area contributed by atoms with Gasteiger partial charge in [0.05, 0.1) is 24.3 Å². The summed E-state index contributed by atoms with van der Waals surface area (Å²) in [5.74, 6) is 0.779. The van der Waals surface area contributed by atoms with Gasteiger partial charge in [0, 0.05) is 26.7 Å². The minimum atomic E-state index is -0.444. The molecule has 0 aromatic heterocycles. The first kappa shape index (κ1) is 13.8. The summed E-state index contributed by atoms with van der Waals surface area (Å²) in [4.78, 5) is 2.12. The summed E-state index contributed by atoms with van der Waals surface area (Å²) in [6.45, 7) is 2.58. The topological polar surface area (TPSA) is 65.7 Å². The van der Waals surface area contributed by atoms with Crippen molar-refractivity contribution >= 4 is 0 Å². The van der Waals surface area contributed by atoms with E-state index in [4.69, 9.17) is 14.7 Å². The number of methoxy groups -OCH3 is 1. The van der Waals surface area contributed by atoms with Crippen LogP contribution in [0.25, 0.3) is 0 Å². The zero-order valence-electron chi connectivity index (χ0n) is 11.0. The standard InChI is InChI=1S/C14H18N2O3/c1-18-10-12(17)7-16-8-14(9-16)19-13-4-2-11(6-15)3-5-13/h2-5,12,14,17H,7-10H2,1H3/t12-/m1/s1. The lowest BCUT2D eigenvalue weighted by Crippen LogP contribution is -2.56. The maximum absolute atomic E-state index is 9.58. The first-order chi connectivity index (χ1) is 9.21. The van der Waals surface area contributed by atoms with Crippen molar-refractivity contribution in [2.45, 2.75) is 12.2 Å². The van der Waals surface area contributed by atoms with Crippen LogP contribution in [0.1, 0.15) is 5.56 Å². The van der Waals surface area contributed by atoms with Crippen LogP contribution in [0.3, 0.4) is 0 Å². The first-order valence-electron chi connectivity index (χ1n) is 6.27. The van der Waals surface area contributed by atoms with Crippen molar-refractivity contribution in [3.63, 3.8) is 0 Å². The Morgan fingerprint density at radius 1 is 1.42 bits per heavy atom. The largest absolute Gasteiger partial charge is 0.488 e. The van der Waals surface area contributed by atoms with E-state index in [1.54, 1.807) is 31.4 Å². The Bertz CT molecular complexity index is 435. The zero-order chi connectivity index (χ0) is 13.7. The molecule has 0 spiro atoms. The second-order valence-corrected chi connectivity index (χ2v) is 4.70. The van der Waals surface area contributed by atoms with Gasteiger partial charge in [-0.25, -0.2) is 0 Å². The van der Waals surface area contributed by atoms with Crippen molar-refractivity contribution in [2.75, 3.05) is 33.4 Å². The van der Waals surface area contributed by atoms with Crippen LogP contribution in [0.4, 0.5) is 0 Å². The van der Waals surface area contributed by atoms with Crippen LogP contribution in [0.2, 0.25) is 0 Å². The van der Waals surface area contributed by atoms with E-state index in [0.717, 1.165) is 18.8 Å². The van der Waals surface area contributed by atoms with Crippen LogP contribution in [0.15, 0.2) is 24.3 Å². The highest BCUT2D eigenvalue weighted by Gasteiger charge is 2.29. The SMILES string of the molecule is COC[C@H](O)CN1CC(Oc2ccc(C#N)cc2)C1. The highest BCUT2D eigenvalue weighted by atomic mass is 16.5. The number of nitriles is 1. The van der Waals surface area contributed by atoms with Crippen molar-refractivity contribution in [3.8, 4) is 11.8 Å². The highest BCUT2D eigenvalue weighted by Crippen LogP contribution is 2.18. The molecule has 5 nitrogen and oxygen atoms in total. The quantitative estimate of drug-likeness (QED) is 0.814. The molecule has 0 bridgehead atoms. The maximum atomic E-state index is 9.58. The summed E-state index contributed by atoms with van der Waals surface area (Å²) >= 11 is 0. The predicted molar refractivity (Wildman–Crippen MR) is 69.9 cm³/mol. The molecule has 1 aliphatic rings. The minimum Gasteiger partial charge on any atom is -0.488 e. The smallest absolute Gasteiger partial charge is 0.124 e. The molecule has 1 aromatic rings. The van der Waals surface area contributed by atoms with E-state index in [9.17, 15) is 5.11 Å². The molecular weight excluding hydrogens is 244 g/mol. The van der Waals surface area contributed by atoms with E-state index < -0.39 is 6.10 Å². The molecule has 0 radical (unpaired) electrons. The number of likely N-dealkylation sites (tertiary alicyclic amines) is 1. The van der Waals surface area contributed by atoms with Crippen LogP contribution >= 0.6 is 0 Å². The third kappa shape index (κ3) is 3.93. The molecule has 0 unspecified atom stereocenters. The summed E-state index contributed by atoms with van der Waals surface area (Å²) < 4.78 is 10.6. The van der Waals surface area contributed by atoms with Gasteiger partial charge in [0.2, 0.25) is 0 Å². The summed E-state index contributed by atoms with van der Waals surface area (Å²) in [6.07, 6.45) is -0.288. The van der Waals surface area contributed by atoms with Gasteiger partial charge in [-0.1, -0.05) is 0 Å². The van der Waals surface area contributed by atoms with Gasteiger partial charge in [-0.15, -0.1) is 0 Å². The summed E-state index contributed by atoms with van der Waals surface area (Å²) in [6, 6.07) is 9.17. The number of hydrogen-bond acceptors (Lipinski definition) is 5. The van der Waals surface area contributed by atoms with Gasteiger partial charge < -0.3 is 14.6 Å². The Morgan fingerprint density at radius 2 is 2.11 bits per heavy atom. The number of aliphatic hydroxyl groups excluding tert-OH is 1. The number of benzene rings is 1. The number of β-amino-alcohol motifs (C(OH)–C–C–N with tert-alkyl or cyclic N) is 1. The average Bonchev–Trinajstić information content (AvgIpc) is 2.37. The van der Waals surface area contributed by atoms with Crippen LogP contribution in [0.5, 0.6) is 5.75 Å². The molecule has 1 heterocycles. The van der Waals surface area contributed by atoms with Crippen molar-refractivity contribution in [1.82, 2.24) is 4.90 Å². The normalized spacial score (nSPS) is 17.5. The molecule has 0 saturated carbocycles. The molecule has 1 aliphatic heterocycles. The van der Waals surface area contributed by atoms with E-state index in [2.05, 4.69) is 11.0 Å². The van der Waals surface area contributed by atoms with Crippen LogP contribution in [-0.4, -0.2) is 55.6 Å². The van der Waals surface area contributed by atoms with E-state index in [1.807, 2.05) is 0 Å². The molecule has 19 heavy (non-hydrogen) atoms. The monoisotopic (exact) mass is 262 g/mol. The predicted octanol–water partition coefficient (Wildman–Crippen LogP) is 0.629. The van der Waals surface area contributed by atoms with E-state index >= 15 is 0 Å². The number of ether oxygens (including phenoxy) is 2. The fourth-order valence-electron chi connectivity index (χ4n) is 2.09. The van der Waals surface area contributed by atoms with Crippen molar-refractivity contribution < 1.29 is 14.6 Å². The van der Waals surface area contributed by atoms with Gasteiger partial charge in [0.1, 0.15) is 11.9 Å². The molecule has 1 atom stereocenters. The molecule has 1 aromatic carbocycles. The lowest BCUT2D eigenvalue weighted by Gasteiger charge is -2.39. The second kappa shape index (κ2) is 6.53. The third-order valence-electron chi connectivity index (χ3n) is 3.04. The number of hydrogen-bond donors (Lipinski definition) is 1. The van der Waals surface area contributed by atoms with E-state index in [0.29, 0.717) is 18.7 Å². The molecule has 102 valence electrons. The van der Waals surface area contributed by atoms with Crippen LogP contribution in [-0.2, 0) is 4.74 Å². The molecule has 0 amide bonds. The van der Waals surface area contributed by atoms with Crippen molar-refractivity contribution in [1.29, 1.82) is 5.26 Å². The van der Waals surface area contributed by atoms with Gasteiger partial charge in [-0.3, -0.25) is 4.90 Å². The Kier molecular flexibility index (Phi) is 4.74. The lowest BCUT2D eigenvalue weighted by atomic mass is 10.1. The molecule has 1 saturated heterocycles. The van der Waals surface area contributed by atoms with Gasteiger partial charge in [-0.05, 0) is 24.3 Å². The molecule has 0 aliphatic carbocycles. The van der Waals surface area contributed by atoms with Gasteiger partial charge in [-0.2, -0.15) is 5.26 Å². The van der Waals surface area contributed by atoms with Gasteiger partial charge in [0.25, 0.3) is 0 Å². The fraction of sp³-hybridized carbons (Fsp3) is 0.500. The summed E-state index contributed by atoms with van der Waals surface area (Å²) in [5.41, 5.74) is 0.630. The highest BCUT2D eigenvalue weighted by molar-refractivity contribution is 5.34. The molecule has 2 rings (SSSR count). The zero-order valence-corrected chi connectivity index (χ0v) is 11.0. The summed E-state index contributed by atoms with van der Waals surface area (Å²) in [7, 11) is 1.58. The number of nitrogens with zero attached hydrogens (tertiary/aromatic N) is 2. The Hall–Kier alpha value is -1.61. The second-order valence-electron chi connectivity index (χ2n) is 4.70. The Balaban J connectivity index is 1.71. The molecule has 1 N–H and O–H groups in total. The average molecular weight is 262 g/mol. The first-order valence-corrected chi connectivity index (χ1v) is 6.27. The maximum Gasteiger partial charge on any atom is 0.124 e. The van der Waals surface area contributed by atoms with Gasteiger partial charge >= 0.3 is 0 Å². The van der Waals surface area contributed by atoms with Crippen molar-refractivity contribution in [2.24, 2.45) is 0 Å². The van der Waals surface area contributed by atoms with E-state index in [-0.39, 0.29) is 6.10 Å². The molecule has 5 heteroatoms. The Labute approximate surface area is 113 Å². The Morgan fingerprint density at radius 3 is 2.68 bits per heavy atom. The lowest BCUT2D eigenvalue weighted by molar-refractivity contribution is -0.0257.